The molecule has 0 aromatic heterocycles. The zero-order chi connectivity index (χ0) is 13.0. The molecule has 0 heterocycles. The van der Waals surface area contributed by atoms with Gasteiger partial charge in [-0.1, -0.05) is 44.4 Å². The fourth-order valence-corrected chi connectivity index (χ4v) is 3.37. The van der Waals surface area contributed by atoms with Crippen molar-refractivity contribution in [1.82, 2.24) is 0 Å². The van der Waals surface area contributed by atoms with Gasteiger partial charge in [-0.2, -0.15) is 0 Å². The minimum absolute atomic E-state index is 0.203. The van der Waals surface area contributed by atoms with E-state index >= 15 is 0 Å². The van der Waals surface area contributed by atoms with Gasteiger partial charge >= 0.3 is 0 Å². The van der Waals surface area contributed by atoms with Gasteiger partial charge < -0.3 is 4.74 Å². The fraction of sp³-hybridized carbons (Fsp3) is 0.625. The zero-order valence-corrected chi connectivity index (χ0v) is 12.2. The number of hydrogen-bond donors (Lipinski definition) is 0. The Morgan fingerprint density at radius 1 is 1.22 bits per heavy atom. The molecule has 0 bridgehead atoms. The van der Waals surface area contributed by atoms with Crippen molar-refractivity contribution >= 4 is 11.6 Å². The van der Waals surface area contributed by atoms with E-state index in [9.17, 15) is 0 Å². The van der Waals surface area contributed by atoms with Crippen LogP contribution in [-0.2, 0) is 6.42 Å². The first kappa shape index (κ1) is 13.7. The Morgan fingerprint density at radius 2 is 1.89 bits per heavy atom. The van der Waals surface area contributed by atoms with E-state index in [1.165, 1.54) is 37.7 Å². The Labute approximate surface area is 115 Å². The lowest BCUT2D eigenvalue weighted by Gasteiger charge is -2.38. The third kappa shape index (κ3) is 3.00. The minimum atomic E-state index is 0.203. The second-order valence-electron chi connectivity index (χ2n) is 5.70. The van der Waals surface area contributed by atoms with Gasteiger partial charge in [0, 0.05) is 5.38 Å². The summed E-state index contributed by atoms with van der Waals surface area (Å²) in [6.07, 6.45) is 7.44. The molecule has 1 aliphatic carbocycles. The highest BCUT2D eigenvalue weighted by Crippen LogP contribution is 2.42. The van der Waals surface area contributed by atoms with E-state index < -0.39 is 0 Å². The van der Waals surface area contributed by atoms with Crippen LogP contribution in [0.5, 0.6) is 5.75 Å². The first-order chi connectivity index (χ1) is 8.65. The molecule has 0 spiro atoms. The average molecular weight is 267 g/mol. The highest BCUT2D eigenvalue weighted by molar-refractivity contribution is 6.21. The highest BCUT2D eigenvalue weighted by atomic mass is 35.5. The van der Waals surface area contributed by atoms with Gasteiger partial charge in [-0.05, 0) is 36.3 Å². The average Bonchev–Trinajstić information content (AvgIpc) is 2.40. The van der Waals surface area contributed by atoms with Gasteiger partial charge in [0.05, 0.1) is 7.11 Å². The standard InChI is InChI=1S/C16H23ClO/c1-16(10-6-3-7-11-16)15(17)12-13-8-4-5-9-14(13)18-2/h4-5,8-9,15H,3,6-7,10-12H2,1-2H3. The molecule has 0 N–H and O–H groups in total. The molecule has 0 radical (unpaired) electrons. The minimum Gasteiger partial charge on any atom is -0.496 e. The van der Waals surface area contributed by atoms with Crippen molar-refractivity contribution in [3.05, 3.63) is 29.8 Å². The van der Waals surface area contributed by atoms with E-state index in [1.54, 1.807) is 7.11 Å². The molecule has 2 heteroatoms. The van der Waals surface area contributed by atoms with Gasteiger partial charge in [-0.15, -0.1) is 11.6 Å². The van der Waals surface area contributed by atoms with Crippen LogP contribution in [0.25, 0.3) is 0 Å². The number of benzene rings is 1. The summed E-state index contributed by atoms with van der Waals surface area (Å²) in [6, 6.07) is 8.21. The molecule has 0 saturated heterocycles. The van der Waals surface area contributed by atoms with Crippen LogP contribution in [0, 0.1) is 5.41 Å². The van der Waals surface area contributed by atoms with Crippen molar-refractivity contribution in [2.75, 3.05) is 7.11 Å². The number of ether oxygens (including phenoxy) is 1. The van der Waals surface area contributed by atoms with Crippen molar-refractivity contribution in [3.63, 3.8) is 0 Å². The monoisotopic (exact) mass is 266 g/mol. The van der Waals surface area contributed by atoms with Crippen LogP contribution in [0.1, 0.15) is 44.6 Å². The summed E-state index contributed by atoms with van der Waals surface area (Å²) < 4.78 is 5.41. The van der Waals surface area contributed by atoms with Gasteiger partial charge in [0.2, 0.25) is 0 Å². The molecule has 1 nitrogen and oxygen atoms in total. The van der Waals surface area contributed by atoms with E-state index in [0.717, 1.165) is 12.2 Å². The number of rotatable bonds is 4. The summed E-state index contributed by atoms with van der Waals surface area (Å²) in [4.78, 5) is 0. The summed E-state index contributed by atoms with van der Waals surface area (Å²) in [6.45, 7) is 2.35. The first-order valence-electron chi connectivity index (χ1n) is 6.92. The van der Waals surface area contributed by atoms with Crippen molar-refractivity contribution < 1.29 is 4.74 Å². The van der Waals surface area contributed by atoms with Gasteiger partial charge in [-0.25, -0.2) is 0 Å². The summed E-state index contributed by atoms with van der Waals surface area (Å²) in [5, 5.41) is 0.203. The van der Waals surface area contributed by atoms with Crippen LogP contribution >= 0.6 is 11.6 Å². The van der Waals surface area contributed by atoms with Crippen molar-refractivity contribution in [1.29, 1.82) is 0 Å². The lowest BCUT2D eigenvalue weighted by atomic mass is 9.72. The number of hydrogen-bond acceptors (Lipinski definition) is 1. The van der Waals surface area contributed by atoms with Crippen molar-refractivity contribution in [3.8, 4) is 5.75 Å². The first-order valence-corrected chi connectivity index (χ1v) is 7.35. The largest absolute Gasteiger partial charge is 0.496 e. The van der Waals surface area contributed by atoms with Crippen LogP contribution in [-0.4, -0.2) is 12.5 Å². The molecule has 0 aliphatic heterocycles. The smallest absolute Gasteiger partial charge is 0.122 e. The number of alkyl halides is 1. The molecule has 1 aliphatic rings. The lowest BCUT2D eigenvalue weighted by Crippen LogP contribution is -2.32. The summed E-state index contributed by atoms with van der Waals surface area (Å²) in [7, 11) is 1.73. The molecule has 1 aromatic rings. The molecular weight excluding hydrogens is 244 g/mol. The normalized spacial score (nSPS) is 20.4. The molecular formula is C16H23ClO. The third-order valence-electron chi connectivity index (χ3n) is 4.34. The van der Waals surface area contributed by atoms with Crippen LogP contribution in [0.2, 0.25) is 0 Å². The maximum atomic E-state index is 6.71. The second kappa shape index (κ2) is 5.97. The van der Waals surface area contributed by atoms with E-state index in [0.29, 0.717) is 5.41 Å². The Kier molecular flexibility index (Phi) is 4.55. The van der Waals surface area contributed by atoms with Crippen LogP contribution in [0.3, 0.4) is 0 Å². The van der Waals surface area contributed by atoms with Crippen molar-refractivity contribution in [2.45, 2.75) is 50.8 Å². The Balaban J connectivity index is 2.08. The fourth-order valence-electron chi connectivity index (χ4n) is 2.98. The molecule has 100 valence electrons. The SMILES string of the molecule is COc1ccccc1CC(Cl)C1(C)CCCCC1. The summed E-state index contributed by atoms with van der Waals surface area (Å²) in [5.41, 5.74) is 1.52. The Morgan fingerprint density at radius 3 is 2.56 bits per heavy atom. The Hall–Kier alpha value is -0.690. The maximum absolute atomic E-state index is 6.71. The van der Waals surface area contributed by atoms with E-state index in [4.69, 9.17) is 16.3 Å². The Bertz CT molecular complexity index is 382. The molecule has 1 saturated carbocycles. The van der Waals surface area contributed by atoms with E-state index in [2.05, 4.69) is 19.1 Å². The number of halogens is 1. The highest BCUT2D eigenvalue weighted by Gasteiger charge is 2.34. The van der Waals surface area contributed by atoms with Crippen LogP contribution < -0.4 is 4.74 Å². The van der Waals surface area contributed by atoms with Gasteiger partial charge in [0.1, 0.15) is 5.75 Å². The predicted octanol–water partition coefficient (Wildman–Crippen LogP) is 4.82. The molecule has 0 amide bonds. The molecule has 1 unspecified atom stereocenters. The maximum Gasteiger partial charge on any atom is 0.122 e. The van der Waals surface area contributed by atoms with Crippen molar-refractivity contribution in [2.24, 2.45) is 5.41 Å². The van der Waals surface area contributed by atoms with E-state index in [1.807, 2.05) is 12.1 Å². The van der Waals surface area contributed by atoms with Crippen LogP contribution in [0.4, 0.5) is 0 Å². The zero-order valence-electron chi connectivity index (χ0n) is 11.4. The molecule has 1 fully saturated rings. The number of para-hydroxylation sites is 1. The summed E-state index contributed by atoms with van der Waals surface area (Å²) >= 11 is 6.71. The van der Waals surface area contributed by atoms with Gasteiger partial charge in [0.25, 0.3) is 0 Å². The topological polar surface area (TPSA) is 9.23 Å². The van der Waals surface area contributed by atoms with Gasteiger partial charge in [-0.3, -0.25) is 0 Å². The molecule has 18 heavy (non-hydrogen) atoms. The second-order valence-corrected chi connectivity index (χ2v) is 6.23. The lowest BCUT2D eigenvalue weighted by molar-refractivity contribution is 0.204. The van der Waals surface area contributed by atoms with Crippen LogP contribution in [0.15, 0.2) is 24.3 Å². The summed E-state index contributed by atoms with van der Waals surface area (Å²) in [5.74, 6) is 0.961. The molecule has 2 rings (SSSR count). The third-order valence-corrected chi connectivity index (χ3v) is 5.02. The van der Waals surface area contributed by atoms with Gasteiger partial charge in [0.15, 0.2) is 0 Å². The number of methoxy groups -OCH3 is 1. The predicted molar refractivity (Wildman–Crippen MR) is 77.5 cm³/mol. The quantitative estimate of drug-likeness (QED) is 0.710. The molecule has 1 atom stereocenters. The van der Waals surface area contributed by atoms with E-state index in [-0.39, 0.29) is 5.38 Å². The molecule has 1 aromatic carbocycles.